The van der Waals surface area contributed by atoms with Crippen LogP contribution in [0.25, 0.3) is 0 Å². The van der Waals surface area contributed by atoms with E-state index < -0.39 is 0 Å². The molecule has 4 nitrogen and oxygen atoms in total. The molecule has 14 heavy (non-hydrogen) atoms. The van der Waals surface area contributed by atoms with Gasteiger partial charge in [0.1, 0.15) is 0 Å². The SMILES string of the molecule is CC1(c2nnc(CCN)o2)CCCC1. The Hall–Kier alpha value is -0.900. The molecule has 4 heteroatoms. The van der Waals surface area contributed by atoms with Gasteiger partial charge >= 0.3 is 0 Å². The van der Waals surface area contributed by atoms with Gasteiger partial charge in [0.15, 0.2) is 0 Å². The lowest BCUT2D eigenvalue weighted by Crippen LogP contribution is -2.17. The second kappa shape index (κ2) is 3.69. The van der Waals surface area contributed by atoms with Crippen LogP contribution in [0, 0.1) is 0 Å². The van der Waals surface area contributed by atoms with Crippen molar-refractivity contribution < 1.29 is 4.42 Å². The molecule has 0 unspecified atom stereocenters. The van der Waals surface area contributed by atoms with Gasteiger partial charge in [-0.1, -0.05) is 19.8 Å². The normalized spacial score (nSPS) is 20.1. The zero-order valence-corrected chi connectivity index (χ0v) is 8.62. The summed E-state index contributed by atoms with van der Waals surface area (Å²) in [6, 6.07) is 0. The zero-order valence-electron chi connectivity index (χ0n) is 8.62. The maximum absolute atomic E-state index is 5.61. The van der Waals surface area contributed by atoms with Crippen LogP contribution < -0.4 is 5.73 Å². The smallest absolute Gasteiger partial charge is 0.222 e. The molecule has 0 radical (unpaired) electrons. The van der Waals surface area contributed by atoms with E-state index in [1.807, 2.05) is 0 Å². The molecule has 0 saturated heterocycles. The van der Waals surface area contributed by atoms with Gasteiger partial charge in [-0.3, -0.25) is 0 Å². The summed E-state index contributed by atoms with van der Waals surface area (Å²) >= 11 is 0. The highest BCUT2D eigenvalue weighted by molar-refractivity contribution is 5.04. The maximum Gasteiger partial charge on any atom is 0.222 e. The summed E-state index contributed by atoms with van der Waals surface area (Å²) in [6.07, 6.45) is 5.55. The van der Waals surface area contributed by atoms with Crippen LogP contribution in [-0.4, -0.2) is 16.7 Å². The molecule has 1 aromatic rings. The Bertz CT molecular complexity index is 302. The molecule has 2 rings (SSSR count). The summed E-state index contributed by atoms with van der Waals surface area (Å²) in [5, 5.41) is 8.12. The predicted octanol–water partition coefficient (Wildman–Crippen LogP) is 1.40. The van der Waals surface area contributed by atoms with Crippen molar-refractivity contribution in [3.05, 3.63) is 11.8 Å². The Morgan fingerprint density at radius 1 is 1.36 bits per heavy atom. The Kier molecular flexibility index (Phi) is 2.54. The molecule has 1 saturated carbocycles. The number of aromatic nitrogens is 2. The van der Waals surface area contributed by atoms with Crippen molar-refractivity contribution in [2.75, 3.05) is 6.54 Å². The van der Waals surface area contributed by atoms with Gasteiger partial charge in [-0.25, -0.2) is 0 Å². The van der Waals surface area contributed by atoms with Gasteiger partial charge < -0.3 is 10.2 Å². The van der Waals surface area contributed by atoms with E-state index in [-0.39, 0.29) is 5.41 Å². The first-order valence-corrected chi connectivity index (χ1v) is 5.27. The molecular weight excluding hydrogens is 178 g/mol. The minimum absolute atomic E-state index is 0.125. The third kappa shape index (κ3) is 1.66. The summed E-state index contributed by atoms with van der Waals surface area (Å²) < 4.78 is 5.61. The van der Waals surface area contributed by atoms with Crippen molar-refractivity contribution in [1.82, 2.24) is 10.2 Å². The summed E-state index contributed by atoms with van der Waals surface area (Å²) in [4.78, 5) is 0. The minimum atomic E-state index is 0.125. The van der Waals surface area contributed by atoms with Gasteiger partial charge in [-0.2, -0.15) is 0 Å². The average molecular weight is 195 g/mol. The average Bonchev–Trinajstić information content (AvgIpc) is 2.75. The number of nitrogens with two attached hydrogens (primary N) is 1. The molecule has 1 aliphatic carbocycles. The van der Waals surface area contributed by atoms with Crippen molar-refractivity contribution in [3.63, 3.8) is 0 Å². The van der Waals surface area contributed by atoms with Crippen LogP contribution in [0.5, 0.6) is 0 Å². The Balaban J connectivity index is 2.15. The number of hydrogen-bond acceptors (Lipinski definition) is 4. The number of rotatable bonds is 3. The van der Waals surface area contributed by atoms with Crippen molar-refractivity contribution in [1.29, 1.82) is 0 Å². The van der Waals surface area contributed by atoms with Gasteiger partial charge in [0.05, 0.1) is 0 Å². The van der Waals surface area contributed by atoms with Crippen molar-refractivity contribution in [2.24, 2.45) is 5.73 Å². The fourth-order valence-corrected chi connectivity index (χ4v) is 2.09. The predicted molar refractivity (Wildman–Crippen MR) is 52.9 cm³/mol. The summed E-state index contributed by atoms with van der Waals surface area (Å²) in [5.74, 6) is 1.48. The minimum Gasteiger partial charge on any atom is -0.425 e. The van der Waals surface area contributed by atoms with Crippen molar-refractivity contribution in [3.8, 4) is 0 Å². The molecular formula is C10H17N3O. The summed E-state index contributed by atoms with van der Waals surface area (Å²) in [5.41, 5.74) is 5.55. The first-order chi connectivity index (χ1) is 6.74. The van der Waals surface area contributed by atoms with E-state index in [1.165, 1.54) is 12.8 Å². The van der Waals surface area contributed by atoms with Crippen LogP contribution in [0.3, 0.4) is 0 Å². The molecule has 0 atom stereocenters. The molecule has 0 amide bonds. The lowest BCUT2D eigenvalue weighted by atomic mass is 9.89. The van der Waals surface area contributed by atoms with E-state index in [4.69, 9.17) is 10.2 Å². The largest absolute Gasteiger partial charge is 0.425 e. The monoisotopic (exact) mass is 195 g/mol. The first kappa shape index (κ1) is 9.65. The van der Waals surface area contributed by atoms with E-state index >= 15 is 0 Å². The highest BCUT2D eigenvalue weighted by Crippen LogP contribution is 2.39. The van der Waals surface area contributed by atoms with Gasteiger partial charge in [0.25, 0.3) is 0 Å². The van der Waals surface area contributed by atoms with Crippen molar-refractivity contribution in [2.45, 2.75) is 44.4 Å². The number of hydrogen-bond donors (Lipinski definition) is 1. The van der Waals surface area contributed by atoms with Gasteiger partial charge in [-0.05, 0) is 12.8 Å². The third-order valence-electron chi connectivity index (χ3n) is 3.05. The van der Waals surface area contributed by atoms with E-state index in [2.05, 4.69) is 17.1 Å². The van der Waals surface area contributed by atoms with Crippen LogP contribution in [0.4, 0.5) is 0 Å². The molecule has 1 aliphatic rings. The zero-order chi connectivity index (χ0) is 10.0. The van der Waals surface area contributed by atoms with Gasteiger partial charge in [0.2, 0.25) is 11.8 Å². The second-order valence-corrected chi connectivity index (χ2v) is 4.31. The van der Waals surface area contributed by atoms with Crippen LogP contribution in [0.15, 0.2) is 4.42 Å². The van der Waals surface area contributed by atoms with E-state index in [9.17, 15) is 0 Å². The van der Waals surface area contributed by atoms with E-state index in [0.717, 1.165) is 18.7 Å². The van der Waals surface area contributed by atoms with Crippen LogP contribution in [0.1, 0.15) is 44.4 Å². The molecule has 78 valence electrons. The van der Waals surface area contributed by atoms with Crippen LogP contribution >= 0.6 is 0 Å². The molecule has 1 fully saturated rings. The molecule has 2 N–H and O–H groups in total. The topological polar surface area (TPSA) is 64.9 Å². The first-order valence-electron chi connectivity index (χ1n) is 5.27. The van der Waals surface area contributed by atoms with Gasteiger partial charge in [-0.15, -0.1) is 10.2 Å². The molecule has 1 heterocycles. The fourth-order valence-electron chi connectivity index (χ4n) is 2.09. The molecule has 0 spiro atoms. The van der Waals surface area contributed by atoms with Crippen LogP contribution in [-0.2, 0) is 11.8 Å². The lowest BCUT2D eigenvalue weighted by molar-refractivity contribution is 0.337. The lowest BCUT2D eigenvalue weighted by Gasteiger charge is -2.17. The fraction of sp³-hybridized carbons (Fsp3) is 0.800. The summed E-state index contributed by atoms with van der Waals surface area (Å²) in [6.45, 7) is 2.78. The third-order valence-corrected chi connectivity index (χ3v) is 3.05. The molecule has 0 aromatic carbocycles. The second-order valence-electron chi connectivity index (χ2n) is 4.31. The van der Waals surface area contributed by atoms with E-state index in [1.54, 1.807) is 0 Å². The molecule has 0 bridgehead atoms. The maximum atomic E-state index is 5.61. The van der Waals surface area contributed by atoms with E-state index in [0.29, 0.717) is 18.9 Å². The Morgan fingerprint density at radius 2 is 2.07 bits per heavy atom. The Morgan fingerprint density at radius 3 is 2.71 bits per heavy atom. The van der Waals surface area contributed by atoms with Gasteiger partial charge in [0, 0.05) is 18.4 Å². The highest BCUT2D eigenvalue weighted by Gasteiger charge is 2.35. The van der Waals surface area contributed by atoms with Crippen molar-refractivity contribution >= 4 is 0 Å². The molecule has 0 aliphatic heterocycles. The highest BCUT2D eigenvalue weighted by atomic mass is 16.4. The Labute approximate surface area is 83.9 Å². The standard InChI is InChI=1S/C10H17N3O/c1-10(5-2-3-6-10)9-13-12-8(14-9)4-7-11/h2-7,11H2,1H3. The summed E-state index contributed by atoms with van der Waals surface area (Å²) in [7, 11) is 0. The number of nitrogens with zero attached hydrogens (tertiary/aromatic N) is 2. The molecule has 1 aromatic heterocycles. The van der Waals surface area contributed by atoms with Crippen LogP contribution in [0.2, 0.25) is 0 Å². The quantitative estimate of drug-likeness (QED) is 0.791.